The van der Waals surface area contributed by atoms with Crippen molar-refractivity contribution in [1.29, 1.82) is 0 Å². The molecule has 1 aromatic heterocycles. The molecule has 0 spiro atoms. The molecule has 0 amide bonds. The molecule has 5 heteroatoms. The monoisotopic (exact) mass is 324 g/mol. The van der Waals surface area contributed by atoms with Gasteiger partial charge in [0.1, 0.15) is 10.9 Å². The summed E-state index contributed by atoms with van der Waals surface area (Å²) in [7, 11) is 0. The predicted octanol–water partition coefficient (Wildman–Crippen LogP) is 5.10. The molecule has 0 bridgehead atoms. The summed E-state index contributed by atoms with van der Waals surface area (Å²) >= 11 is 12.0. The maximum atomic E-state index is 6.11. The van der Waals surface area contributed by atoms with Crippen LogP contribution < -0.4 is 10.1 Å². The summed E-state index contributed by atoms with van der Waals surface area (Å²) in [4.78, 5) is 4.04. The van der Waals surface area contributed by atoms with Crippen molar-refractivity contribution in [3.8, 4) is 5.75 Å². The predicted molar refractivity (Wildman–Crippen MR) is 88.5 cm³/mol. The third-order valence-corrected chi connectivity index (χ3v) is 3.37. The van der Waals surface area contributed by atoms with E-state index >= 15 is 0 Å². The fourth-order valence-electron chi connectivity index (χ4n) is 1.96. The molecule has 0 aliphatic heterocycles. The number of anilines is 1. The van der Waals surface area contributed by atoms with E-state index in [2.05, 4.69) is 10.3 Å². The summed E-state index contributed by atoms with van der Waals surface area (Å²) in [5.74, 6) is 0.871. The van der Waals surface area contributed by atoms with Crippen LogP contribution in [0.1, 0.15) is 25.0 Å². The summed E-state index contributed by atoms with van der Waals surface area (Å²) in [6.07, 6.45) is 0.176. The van der Waals surface area contributed by atoms with Crippen LogP contribution in [0.15, 0.2) is 30.3 Å². The van der Waals surface area contributed by atoms with Crippen LogP contribution in [0.2, 0.25) is 10.3 Å². The molecule has 1 heterocycles. The molecule has 2 aromatic rings. The van der Waals surface area contributed by atoms with Crippen LogP contribution in [0.4, 0.5) is 5.69 Å². The Labute approximate surface area is 135 Å². The highest BCUT2D eigenvalue weighted by Gasteiger charge is 2.07. The van der Waals surface area contributed by atoms with Crippen molar-refractivity contribution >= 4 is 28.9 Å². The van der Waals surface area contributed by atoms with Gasteiger partial charge in [-0.2, -0.15) is 0 Å². The molecule has 0 unspecified atom stereocenters. The molecule has 0 aliphatic rings. The largest absolute Gasteiger partial charge is 0.491 e. The van der Waals surface area contributed by atoms with E-state index in [0.29, 0.717) is 16.9 Å². The summed E-state index contributed by atoms with van der Waals surface area (Å²) < 4.78 is 5.62. The Kier molecular flexibility index (Phi) is 5.32. The van der Waals surface area contributed by atoms with Crippen molar-refractivity contribution in [3.63, 3.8) is 0 Å². The van der Waals surface area contributed by atoms with Gasteiger partial charge in [-0.1, -0.05) is 35.3 Å². The van der Waals surface area contributed by atoms with E-state index < -0.39 is 0 Å². The SMILES string of the molecule is Cc1cc(Cl)nc(Cl)c1NCc1ccc(OC(C)C)cc1. The highest BCUT2D eigenvalue weighted by molar-refractivity contribution is 6.34. The van der Waals surface area contributed by atoms with Gasteiger partial charge in [-0.15, -0.1) is 0 Å². The molecule has 0 radical (unpaired) electrons. The van der Waals surface area contributed by atoms with Crippen molar-refractivity contribution in [2.45, 2.75) is 33.4 Å². The van der Waals surface area contributed by atoms with Crippen molar-refractivity contribution in [2.75, 3.05) is 5.32 Å². The summed E-state index contributed by atoms with van der Waals surface area (Å²) in [5.41, 5.74) is 2.92. The normalized spacial score (nSPS) is 10.8. The topological polar surface area (TPSA) is 34.2 Å². The van der Waals surface area contributed by atoms with Gasteiger partial charge in [-0.05, 0) is 50.1 Å². The smallest absolute Gasteiger partial charge is 0.154 e. The number of aromatic nitrogens is 1. The van der Waals surface area contributed by atoms with Crippen LogP contribution in [-0.4, -0.2) is 11.1 Å². The lowest BCUT2D eigenvalue weighted by molar-refractivity contribution is 0.242. The van der Waals surface area contributed by atoms with Crippen molar-refractivity contribution < 1.29 is 4.74 Å². The molecular formula is C16H18Cl2N2O. The maximum Gasteiger partial charge on any atom is 0.154 e. The van der Waals surface area contributed by atoms with Crippen LogP contribution in [-0.2, 0) is 6.54 Å². The molecular weight excluding hydrogens is 307 g/mol. The lowest BCUT2D eigenvalue weighted by atomic mass is 10.2. The van der Waals surface area contributed by atoms with E-state index in [0.717, 1.165) is 22.6 Å². The van der Waals surface area contributed by atoms with Gasteiger partial charge in [-0.3, -0.25) is 0 Å². The minimum atomic E-state index is 0.176. The molecule has 112 valence electrons. The van der Waals surface area contributed by atoms with Crippen molar-refractivity contribution in [1.82, 2.24) is 4.98 Å². The number of benzene rings is 1. The molecule has 3 nitrogen and oxygen atoms in total. The van der Waals surface area contributed by atoms with Crippen molar-refractivity contribution in [3.05, 3.63) is 51.8 Å². The zero-order chi connectivity index (χ0) is 15.4. The molecule has 1 aromatic carbocycles. The van der Waals surface area contributed by atoms with E-state index in [1.54, 1.807) is 6.07 Å². The Hall–Kier alpha value is -1.45. The molecule has 0 saturated carbocycles. The van der Waals surface area contributed by atoms with Crippen LogP contribution in [0, 0.1) is 6.92 Å². The Balaban J connectivity index is 2.03. The van der Waals surface area contributed by atoms with Gasteiger partial charge >= 0.3 is 0 Å². The number of rotatable bonds is 5. The number of hydrogen-bond acceptors (Lipinski definition) is 3. The van der Waals surface area contributed by atoms with Gasteiger partial charge in [0.25, 0.3) is 0 Å². The molecule has 0 saturated heterocycles. The fraction of sp³-hybridized carbons (Fsp3) is 0.312. The Morgan fingerprint density at radius 2 is 1.86 bits per heavy atom. The lowest BCUT2D eigenvalue weighted by Gasteiger charge is -2.13. The molecule has 0 atom stereocenters. The number of hydrogen-bond donors (Lipinski definition) is 1. The summed E-state index contributed by atoms with van der Waals surface area (Å²) in [6, 6.07) is 9.76. The van der Waals surface area contributed by atoms with E-state index in [1.165, 1.54) is 0 Å². The quantitative estimate of drug-likeness (QED) is 0.777. The first kappa shape index (κ1) is 15.9. The first-order valence-corrected chi connectivity index (χ1v) is 7.53. The number of halogens is 2. The number of aryl methyl sites for hydroxylation is 1. The van der Waals surface area contributed by atoms with Crippen LogP contribution in [0.3, 0.4) is 0 Å². The highest BCUT2D eigenvalue weighted by atomic mass is 35.5. The van der Waals surface area contributed by atoms with Crippen molar-refractivity contribution in [2.24, 2.45) is 0 Å². The third-order valence-electron chi connectivity index (χ3n) is 2.91. The number of ether oxygens (including phenoxy) is 1. The second-order valence-electron chi connectivity index (χ2n) is 5.09. The summed E-state index contributed by atoms with van der Waals surface area (Å²) in [5, 5.41) is 4.08. The maximum absolute atomic E-state index is 6.11. The first-order chi connectivity index (χ1) is 9.95. The number of nitrogens with zero attached hydrogens (tertiary/aromatic N) is 1. The van der Waals surface area contributed by atoms with E-state index in [1.807, 2.05) is 45.0 Å². The van der Waals surface area contributed by atoms with Crippen LogP contribution in [0.25, 0.3) is 0 Å². The zero-order valence-corrected chi connectivity index (χ0v) is 13.8. The minimum Gasteiger partial charge on any atom is -0.491 e. The van der Waals surface area contributed by atoms with Gasteiger partial charge in [0, 0.05) is 6.54 Å². The van der Waals surface area contributed by atoms with E-state index in [-0.39, 0.29) is 6.10 Å². The number of pyridine rings is 1. The zero-order valence-electron chi connectivity index (χ0n) is 12.3. The second-order valence-corrected chi connectivity index (χ2v) is 5.84. The molecule has 0 aliphatic carbocycles. The lowest BCUT2D eigenvalue weighted by Crippen LogP contribution is -2.06. The van der Waals surface area contributed by atoms with Crippen LogP contribution >= 0.6 is 23.2 Å². The van der Waals surface area contributed by atoms with E-state index in [9.17, 15) is 0 Å². The van der Waals surface area contributed by atoms with Gasteiger partial charge in [0.05, 0.1) is 11.8 Å². The van der Waals surface area contributed by atoms with E-state index in [4.69, 9.17) is 27.9 Å². The Morgan fingerprint density at radius 3 is 2.43 bits per heavy atom. The van der Waals surface area contributed by atoms with Gasteiger partial charge in [0.2, 0.25) is 0 Å². The van der Waals surface area contributed by atoms with Gasteiger partial charge in [-0.25, -0.2) is 4.98 Å². The first-order valence-electron chi connectivity index (χ1n) is 6.78. The highest BCUT2D eigenvalue weighted by Crippen LogP contribution is 2.27. The molecule has 21 heavy (non-hydrogen) atoms. The average Bonchev–Trinajstić information content (AvgIpc) is 2.38. The van der Waals surface area contributed by atoms with Crippen LogP contribution in [0.5, 0.6) is 5.75 Å². The number of nitrogens with one attached hydrogen (secondary N) is 1. The molecule has 0 fully saturated rings. The summed E-state index contributed by atoms with van der Waals surface area (Å²) in [6.45, 7) is 6.62. The second kappa shape index (κ2) is 7.01. The Bertz CT molecular complexity index is 589. The standard InChI is InChI=1S/C16H18Cl2N2O/c1-10(2)21-13-6-4-12(5-7-13)9-19-15-11(3)8-14(17)20-16(15)18/h4-8,10,19H,9H2,1-3H3. The Morgan fingerprint density at radius 1 is 1.19 bits per heavy atom. The average molecular weight is 325 g/mol. The molecule has 2 rings (SSSR count). The third kappa shape index (κ3) is 4.51. The van der Waals surface area contributed by atoms with Gasteiger partial charge < -0.3 is 10.1 Å². The molecule has 1 N–H and O–H groups in total. The minimum absolute atomic E-state index is 0.176. The fourth-order valence-corrected chi connectivity index (χ4v) is 2.55. The van der Waals surface area contributed by atoms with Gasteiger partial charge in [0.15, 0.2) is 5.15 Å².